The van der Waals surface area contributed by atoms with Gasteiger partial charge < -0.3 is 15.0 Å². The van der Waals surface area contributed by atoms with Crippen LogP contribution in [0.5, 0.6) is 5.75 Å². The van der Waals surface area contributed by atoms with Crippen LogP contribution in [0.2, 0.25) is 10.0 Å². The molecule has 0 heterocycles. The van der Waals surface area contributed by atoms with Crippen LogP contribution in [0.25, 0.3) is 0 Å². The molecule has 1 atom stereocenters. The predicted molar refractivity (Wildman–Crippen MR) is 127 cm³/mol. The van der Waals surface area contributed by atoms with E-state index in [-0.39, 0.29) is 25.0 Å². The van der Waals surface area contributed by atoms with Crippen LogP contribution in [0.1, 0.15) is 11.1 Å². The number of nitrogens with zero attached hydrogens (tertiary/aromatic N) is 1. The Morgan fingerprint density at radius 3 is 2.25 bits per heavy atom. The summed E-state index contributed by atoms with van der Waals surface area (Å²) < 4.78 is 5.67. The minimum atomic E-state index is -0.749. The number of rotatable bonds is 9. The number of nitrogens with one attached hydrogen (secondary N) is 1. The van der Waals surface area contributed by atoms with Crippen molar-refractivity contribution in [3.63, 3.8) is 0 Å². The Hall–Kier alpha value is -3.02. The normalized spacial score (nSPS) is 11.5. The highest BCUT2D eigenvalue weighted by Crippen LogP contribution is 2.24. The van der Waals surface area contributed by atoms with Gasteiger partial charge in [-0.05, 0) is 35.4 Å². The van der Waals surface area contributed by atoms with Crippen molar-refractivity contribution in [1.82, 2.24) is 10.2 Å². The molecule has 3 aromatic carbocycles. The van der Waals surface area contributed by atoms with E-state index < -0.39 is 6.04 Å². The van der Waals surface area contributed by atoms with E-state index in [1.54, 1.807) is 37.4 Å². The summed E-state index contributed by atoms with van der Waals surface area (Å²) in [5.41, 5.74) is 1.62. The number of ether oxygens (including phenoxy) is 1. The lowest BCUT2D eigenvalue weighted by Gasteiger charge is -2.31. The highest BCUT2D eigenvalue weighted by Gasteiger charge is 2.30. The van der Waals surface area contributed by atoms with E-state index in [1.807, 2.05) is 48.5 Å². The van der Waals surface area contributed by atoms with Crippen LogP contribution in [0.15, 0.2) is 78.9 Å². The molecule has 3 rings (SSSR count). The molecule has 3 aromatic rings. The van der Waals surface area contributed by atoms with E-state index in [0.717, 1.165) is 5.56 Å². The highest BCUT2D eigenvalue weighted by atomic mass is 35.5. The van der Waals surface area contributed by atoms with Gasteiger partial charge in [-0.3, -0.25) is 9.59 Å². The summed E-state index contributed by atoms with van der Waals surface area (Å²) in [6.07, 6.45) is 0.350. The Morgan fingerprint density at radius 1 is 0.969 bits per heavy atom. The molecule has 0 radical (unpaired) electrons. The molecule has 0 aliphatic carbocycles. The summed E-state index contributed by atoms with van der Waals surface area (Å²) in [6, 6.07) is 23.0. The first-order valence-corrected chi connectivity index (χ1v) is 10.9. The van der Waals surface area contributed by atoms with Crippen LogP contribution >= 0.6 is 23.2 Å². The number of hydrogen-bond donors (Lipinski definition) is 1. The SMILES string of the molecule is CNC(=O)[C@@H](Cc1ccccc1)N(Cc1ccc(Cl)cc1Cl)C(=O)COc1ccccc1. The second-order valence-electron chi connectivity index (χ2n) is 7.18. The van der Waals surface area contributed by atoms with Crippen molar-refractivity contribution >= 4 is 35.0 Å². The lowest BCUT2D eigenvalue weighted by molar-refractivity contribution is -0.142. The minimum absolute atomic E-state index is 0.137. The maximum absolute atomic E-state index is 13.3. The maximum atomic E-state index is 13.3. The molecule has 166 valence electrons. The standard InChI is InChI=1S/C25H24Cl2N2O3/c1-28-25(31)23(14-18-8-4-2-5-9-18)29(16-19-12-13-20(26)15-22(19)27)24(30)17-32-21-10-6-3-7-11-21/h2-13,15,23H,14,16-17H2,1H3,(H,28,31)/t23-/m1/s1. The lowest BCUT2D eigenvalue weighted by Crippen LogP contribution is -2.51. The van der Waals surface area contributed by atoms with Crippen LogP contribution in [0, 0.1) is 0 Å². The predicted octanol–water partition coefficient (Wildman–Crippen LogP) is 4.76. The molecule has 0 fully saturated rings. The van der Waals surface area contributed by atoms with Gasteiger partial charge in [0.25, 0.3) is 5.91 Å². The summed E-state index contributed by atoms with van der Waals surface area (Å²) in [7, 11) is 1.55. The Bertz CT molecular complexity index is 1050. The smallest absolute Gasteiger partial charge is 0.261 e. The first-order chi connectivity index (χ1) is 15.5. The third kappa shape index (κ3) is 6.49. The minimum Gasteiger partial charge on any atom is -0.484 e. The molecule has 1 N–H and O–H groups in total. The molecule has 0 unspecified atom stereocenters. The fourth-order valence-corrected chi connectivity index (χ4v) is 3.77. The van der Waals surface area contributed by atoms with Gasteiger partial charge >= 0.3 is 0 Å². The van der Waals surface area contributed by atoms with Gasteiger partial charge in [0.15, 0.2) is 6.61 Å². The van der Waals surface area contributed by atoms with Crippen molar-refractivity contribution in [3.05, 3.63) is 100 Å². The number of benzene rings is 3. The molecular weight excluding hydrogens is 447 g/mol. The van der Waals surface area contributed by atoms with Crippen molar-refractivity contribution in [2.24, 2.45) is 0 Å². The van der Waals surface area contributed by atoms with Crippen molar-refractivity contribution in [2.75, 3.05) is 13.7 Å². The first-order valence-electron chi connectivity index (χ1n) is 10.1. The number of carbonyl (C=O) groups is 2. The Morgan fingerprint density at radius 2 is 1.62 bits per heavy atom. The quantitative estimate of drug-likeness (QED) is 0.490. The van der Waals surface area contributed by atoms with Gasteiger partial charge in [-0.2, -0.15) is 0 Å². The first kappa shape index (κ1) is 23.6. The van der Waals surface area contributed by atoms with Crippen LogP contribution in [-0.2, 0) is 22.6 Å². The van der Waals surface area contributed by atoms with E-state index in [9.17, 15) is 9.59 Å². The van der Waals surface area contributed by atoms with Crippen molar-refractivity contribution in [3.8, 4) is 5.75 Å². The average Bonchev–Trinajstić information content (AvgIpc) is 2.81. The summed E-state index contributed by atoms with van der Waals surface area (Å²) in [6.45, 7) is -0.0740. The Kier molecular flexibility index (Phi) is 8.54. The molecule has 0 aromatic heterocycles. The zero-order valence-electron chi connectivity index (χ0n) is 17.6. The fourth-order valence-electron chi connectivity index (χ4n) is 3.30. The summed E-state index contributed by atoms with van der Waals surface area (Å²) >= 11 is 12.4. The topological polar surface area (TPSA) is 58.6 Å². The third-order valence-electron chi connectivity index (χ3n) is 4.98. The molecule has 5 nitrogen and oxygen atoms in total. The summed E-state index contributed by atoms with van der Waals surface area (Å²) in [4.78, 5) is 27.7. The average molecular weight is 471 g/mol. The Balaban J connectivity index is 1.90. The van der Waals surface area contributed by atoms with Crippen LogP contribution in [0.4, 0.5) is 0 Å². The molecule has 0 bridgehead atoms. The molecule has 2 amide bonds. The molecule has 0 spiro atoms. The number of carbonyl (C=O) groups excluding carboxylic acids is 2. The Labute approximate surface area is 197 Å². The van der Waals surface area contributed by atoms with Gasteiger partial charge in [-0.25, -0.2) is 0 Å². The molecule has 32 heavy (non-hydrogen) atoms. The summed E-state index contributed by atoms with van der Waals surface area (Å²) in [5, 5.41) is 3.60. The highest BCUT2D eigenvalue weighted by molar-refractivity contribution is 6.35. The third-order valence-corrected chi connectivity index (χ3v) is 5.57. The monoisotopic (exact) mass is 470 g/mol. The zero-order chi connectivity index (χ0) is 22.9. The number of para-hydroxylation sites is 1. The molecule has 0 aliphatic heterocycles. The van der Waals surface area contributed by atoms with Crippen molar-refractivity contribution < 1.29 is 14.3 Å². The van der Waals surface area contributed by atoms with Crippen molar-refractivity contribution in [2.45, 2.75) is 19.0 Å². The van der Waals surface area contributed by atoms with E-state index in [1.165, 1.54) is 4.90 Å². The van der Waals surface area contributed by atoms with Crippen LogP contribution in [0.3, 0.4) is 0 Å². The van der Waals surface area contributed by atoms with E-state index in [4.69, 9.17) is 27.9 Å². The number of halogens is 2. The second kappa shape index (κ2) is 11.6. The number of hydrogen-bond acceptors (Lipinski definition) is 3. The molecule has 0 saturated carbocycles. The van der Waals surface area contributed by atoms with Crippen LogP contribution < -0.4 is 10.1 Å². The molecule has 0 saturated heterocycles. The number of amides is 2. The largest absolute Gasteiger partial charge is 0.484 e. The van der Waals surface area contributed by atoms with Crippen molar-refractivity contribution in [1.29, 1.82) is 0 Å². The summed E-state index contributed by atoms with van der Waals surface area (Å²) in [5.74, 6) is -0.0266. The van der Waals surface area contributed by atoms with Gasteiger partial charge in [0.2, 0.25) is 5.91 Å². The maximum Gasteiger partial charge on any atom is 0.261 e. The fraction of sp³-hybridized carbons (Fsp3) is 0.200. The van der Waals surface area contributed by atoms with Gasteiger partial charge in [0.1, 0.15) is 11.8 Å². The van der Waals surface area contributed by atoms with Gasteiger partial charge in [-0.1, -0.05) is 77.8 Å². The van der Waals surface area contributed by atoms with Gasteiger partial charge in [-0.15, -0.1) is 0 Å². The van der Waals surface area contributed by atoms with Crippen LogP contribution in [-0.4, -0.2) is 36.4 Å². The van der Waals surface area contributed by atoms with E-state index in [0.29, 0.717) is 27.8 Å². The lowest BCUT2D eigenvalue weighted by atomic mass is 10.0. The number of likely N-dealkylation sites (N-methyl/N-ethyl adjacent to an activating group) is 1. The second-order valence-corrected chi connectivity index (χ2v) is 8.02. The van der Waals surface area contributed by atoms with Gasteiger partial charge in [0.05, 0.1) is 0 Å². The van der Waals surface area contributed by atoms with Gasteiger partial charge in [0, 0.05) is 30.1 Å². The molecular formula is C25H24Cl2N2O3. The molecule has 7 heteroatoms. The van der Waals surface area contributed by atoms with E-state index in [2.05, 4.69) is 5.32 Å². The van der Waals surface area contributed by atoms with E-state index >= 15 is 0 Å². The molecule has 0 aliphatic rings. The zero-order valence-corrected chi connectivity index (χ0v) is 19.1.